The zero-order valence-electron chi connectivity index (χ0n) is 10.8. The van der Waals surface area contributed by atoms with Gasteiger partial charge in [0, 0.05) is 13.2 Å². The Bertz CT molecular complexity index is 391. The van der Waals surface area contributed by atoms with Crippen LogP contribution in [0.25, 0.3) is 0 Å². The molecular formula is C15H20O3. The summed E-state index contributed by atoms with van der Waals surface area (Å²) in [4.78, 5) is 10.9. The number of aliphatic carboxylic acids is 1. The fourth-order valence-corrected chi connectivity index (χ4v) is 2.37. The Labute approximate surface area is 108 Å². The molecule has 0 radical (unpaired) electrons. The lowest BCUT2D eigenvalue weighted by Crippen LogP contribution is -2.17. The molecule has 2 rings (SSSR count). The van der Waals surface area contributed by atoms with Crippen LogP contribution >= 0.6 is 0 Å². The van der Waals surface area contributed by atoms with Gasteiger partial charge in [-0.3, -0.25) is 4.79 Å². The summed E-state index contributed by atoms with van der Waals surface area (Å²) in [7, 11) is 0. The predicted octanol–water partition coefficient (Wildman–Crippen LogP) is 2.84. The first-order chi connectivity index (χ1) is 8.66. The number of carboxylic acids is 1. The van der Waals surface area contributed by atoms with Crippen LogP contribution in [0.1, 0.15) is 36.8 Å². The third kappa shape index (κ3) is 3.33. The topological polar surface area (TPSA) is 46.5 Å². The van der Waals surface area contributed by atoms with E-state index in [0.29, 0.717) is 5.92 Å². The van der Waals surface area contributed by atoms with Gasteiger partial charge >= 0.3 is 5.97 Å². The van der Waals surface area contributed by atoms with Crippen molar-refractivity contribution in [1.82, 2.24) is 0 Å². The second-order valence-electron chi connectivity index (χ2n) is 5.06. The van der Waals surface area contributed by atoms with Crippen molar-refractivity contribution in [2.75, 3.05) is 13.2 Å². The number of hydrogen-bond donors (Lipinski definition) is 1. The molecule has 1 aromatic carbocycles. The molecule has 0 saturated carbocycles. The van der Waals surface area contributed by atoms with Crippen molar-refractivity contribution in [3.8, 4) is 0 Å². The average molecular weight is 248 g/mol. The molecule has 1 aliphatic rings. The second-order valence-corrected chi connectivity index (χ2v) is 5.06. The van der Waals surface area contributed by atoms with E-state index in [2.05, 4.69) is 12.1 Å². The van der Waals surface area contributed by atoms with Crippen molar-refractivity contribution in [2.45, 2.75) is 32.1 Å². The van der Waals surface area contributed by atoms with Crippen LogP contribution in [0.5, 0.6) is 0 Å². The Balaban J connectivity index is 1.96. The van der Waals surface area contributed by atoms with Gasteiger partial charge in [0.1, 0.15) is 0 Å². The molecule has 1 fully saturated rings. The molecule has 0 amide bonds. The summed E-state index contributed by atoms with van der Waals surface area (Å²) < 4.78 is 5.35. The first-order valence-electron chi connectivity index (χ1n) is 6.56. The van der Waals surface area contributed by atoms with Gasteiger partial charge in [0.25, 0.3) is 0 Å². The van der Waals surface area contributed by atoms with Crippen molar-refractivity contribution >= 4 is 5.97 Å². The molecule has 3 heteroatoms. The Morgan fingerprint density at radius 2 is 1.94 bits per heavy atom. The van der Waals surface area contributed by atoms with Gasteiger partial charge in [-0.05, 0) is 43.2 Å². The molecule has 1 saturated heterocycles. The summed E-state index contributed by atoms with van der Waals surface area (Å²) in [5.41, 5.74) is 2.17. The first-order valence-corrected chi connectivity index (χ1v) is 6.56. The zero-order valence-corrected chi connectivity index (χ0v) is 10.8. The predicted molar refractivity (Wildman–Crippen MR) is 69.7 cm³/mol. The molecule has 0 bridgehead atoms. The third-order valence-corrected chi connectivity index (χ3v) is 3.72. The van der Waals surface area contributed by atoms with E-state index in [1.165, 1.54) is 5.56 Å². The fourth-order valence-electron chi connectivity index (χ4n) is 2.37. The van der Waals surface area contributed by atoms with Gasteiger partial charge in [-0.15, -0.1) is 0 Å². The number of benzene rings is 1. The van der Waals surface area contributed by atoms with Gasteiger partial charge in [0.15, 0.2) is 0 Å². The van der Waals surface area contributed by atoms with Gasteiger partial charge in [0.05, 0.1) is 5.92 Å². The summed E-state index contributed by atoms with van der Waals surface area (Å²) in [6.07, 6.45) is 3.34. The quantitative estimate of drug-likeness (QED) is 0.891. The van der Waals surface area contributed by atoms with E-state index >= 15 is 0 Å². The van der Waals surface area contributed by atoms with E-state index in [1.807, 2.05) is 12.1 Å². The van der Waals surface area contributed by atoms with Crippen LogP contribution in [0.15, 0.2) is 24.3 Å². The van der Waals surface area contributed by atoms with Gasteiger partial charge in [-0.1, -0.05) is 24.3 Å². The minimum Gasteiger partial charge on any atom is -0.481 e. The maximum absolute atomic E-state index is 10.9. The SMILES string of the molecule is CC(C(=O)O)c1ccc(CC2CCOCC2)cc1. The zero-order chi connectivity index (χ0) is 13.0. The number of hydrogen-bond acceptors (Lipinski definition) is 2. The van der Waals surface area contributed by atoms with Gasteiger partial charge in [-0.2, -0.15) is 0 Å². The van der Waals surface area contributed by atoms with Crippen molar-refractivity contribution in [1.29, 1.82) is 0 Å². The molecule has 0 spiro atoms. The third-order valence-electron chi connectivity index (χ3n) is 3.72. The summed E-state index contributed by atoms with van der Waals surface area (Å²) in [5, 5.41) is 8.95. The summed E-state index contributed by atoms with van der Waals surface area (Å²) in [6.45, 7) is 3.47. The van der Waals surface area contributed by atoms with Crippen molar-refractivity contribution in [3.63, 3.8) is 0 Å². The Morgan fingerprint density at radius 3 is 2.50 bits per heavy atom. The lowest BCUT2D eigenvalue weighted by molar-refractivity contribution is -0.138. The molecule has 1 aliphatic heterocycles. The van der Waals surface area contributed by atoms with E-state index in [9.17, 15) is 4.79 Å². The van der Waals surface area contributed by atoms with E-state index in [0.717, 1.165) is 38.0 Å². The molecule has 0 aromatic heterocycles. The smallest absolute Gasteiger partial charge is 0.310 e. The Morgan fingerprint density at radius 1 is 1.33 bits per heavy atom. The maximum Gasteiger partial charge on any atom is 0.310 e. The van der Waals surface area contributed by atoms with Crippen LogP contribution in [0.2, 0.25) is 0 Å². The summed E-state index contributed by atoms with van der Waals surface area (Å²) >= 11 is 0. The fraction of sp³-hybridized carbons (Fsp3) is 0.533. The number of carboxylic acid groups (broad SMARTS) is 1. The Hall–Kier alpha value is -1.35. The van der Waals surface area contributed by atoms with Crippen molar-refractivity contribution in [3.05, 3.63) is 35.4 Å². The Kier molecular flexibility index (Phi) is 4.37. The number of rotatable bonds is 4. The molecule has 3 nitrogen and oxygen atoms in total. The molecular weight excluding hydrogens is 228 g/mol. The van der Waals surface area contributed by atoms with Crippen molar-refractivity contribution < 1.29 is 14.6 Å². The first kappa shape index (κ1) is 13.1. The van der Waals surface area contributed by atoms with Crippen LogP contribution in [-0.4, -0.2) is 24.3 Å². The van der Waals surface area contributed by atoms with E-state index in [-0.39, 0.29) is 0 Å². The van der Waals surface area contributed by atoms with Gasteiger partial charge in [-0.25, -0.2) is 0 Å². The van der Waals surface area contributed by atoms with E-state index in [1.54, 1.807) is 6.92 Å². The van der Waals surface area contributed by atoms with Crippen LogP contribution in [0, 0.1) is 5.92 Å². The van der Waals surface area contributed by atoms with E-state index < -0.39 is 11.9 Å². The molecule has 0 aliphatic carbocycles. The summed E-state index contributed by atoms with van der Waals surface area (Å²) in [5.74, 6) is -0.490. The molecule has 1 aromatic rings. The number of carbonyl (C=O) groups is 1. The average Bonchev–Trinajstić information content (AvgIpc) is 2.40. The lowest BCUT2D eigenvalue weighted by Gasteiger charge is -2.22. The monoisotopic (exact) mass is 248 g/mol. The molecule has 1 unspecified atom stereocenters. The standard InChI is InChI=1S/C15H20O3/c1-11(15(16)17)14-4-2-12(3-5-14)10-13-6-8-18-9-7-13/h2-5,11,13H,6-10H2,1H3,(H,16,17). The van der Waals surface area contributed by atoms with Crippen LogP contribution in [0.3, 0.4) is 0 Å². The van der Waals surface area contributed by atoms with Crippen LogP contribution in [-0.2, 0) is 16.0 Å². The highest BCUT2D eigenvalue weighted by atomic mass is 16.5. The lowest BCUT2D eigenvalue weighted by atomic mass is 9.91. The molecule has 1 heterocycles. The van der Waals surface area contributed by atoms with E-state index in [4.69, 9.17) is 9.84 Å². The van der Waals surface area contributed by atoms with Gasteiger partial charge in [0.2, 0.25) is 0 Å². The highest BCUT2D eigenvalue weighted by Gasteiger charge is 2.16. The molecule has 1 N–H and O–H groups in total. The highest BCUT2D eigenvalue weighted by molar-refractivity contribution is 5.75. The largest absolute Gasteiger partial charge is 0.481 e. The van der Waals surface area contributed by atoms with Gasteiger partial charge < -0.3 is 9.84 Å². The van der Waals surface area contributed by atoms with Crippen LogP contribution in [0.4, 0.5) is 0 Å². The van der Waals surface area contributed by atoms with Crippen molar-refractivity contribution in [2.24, 2.45) is 5.92 Å². The normalized spacial score (nSPS) is 18.5. The maximum atomic E-state index is 10.9. The van der Waals surface area contributed by atoms with Crippen LogP contribution < -0.4 is 0 Å². The molecule has 18 heavy (non-hydrogen) atoms. The molecule has 98 valence electrons. The minimum atomic E-state index is -0.771. The summed E-state index contributed by atoms with van der Waals surface area (Å²) in [6, 6.07) is 8.00. The molecule has 1 atom stereocenters. The highest BCUT2D eigenvalue weighted by Crippen LogP contribution is 2.22. The second kappa shape index (κ2) is 6.01. The minimum absolute atomic E-state index is 0.429. The number of ether oxygens (including phenoxy) is 1.